The minimum atomic E-state index is -4.44. The van der Waals surface area contributed by atoms with Gasteiger partial charge in [-0.25, -0.2) is 13.4 Å². The summed E-state index contributed by atoms with van der Waals surface area (Å²) in [5.41, 5.74) is 0.728. The maximum Gasteiger partial charge on any atom is 0.416 e. The Morgan fingerprint density at radius 3 is 2.50 bits per heavy atom. The largest absolute Gasteiger partial charge is 0.416 e. The van der Waals surface area contributed by atoms with Gasteiger partial charge in [0.15, 0.2) is 0 Å². The predicted molar refractivity (Wildman–Crippen MR) is 99.9 cm³/mol. The second-order valence-electron chi connectivity index (χ2n) is 6.38. The third kappa shape index (κ3) is 4.33. The normalized spacial score (nSPS) is 12.4. The van der Waals surface area contributed by atoms with Crippen molar-refractivity contribution in [1.29, 1.82) is 0 Å². The van der Waals surface area contributed by atoms with Crippen molar-refractivity contribution >= 4 is 15.7 Å². The third-order valence-electron chi connectivity index (χ3n) is 3.97. The zero-order valence-electron chi connectivity index (χ0n) is 14.9. The number of aromatic amines is 1. The number of alkyl halides is 3. The van der Waals surface area contributed by atoms with Crippen molar-refractivity contribution in [2.24, 2.45) is 0 Å². The molecule has 0 aliphatic heterocycles. The third-order valence-corrected chi connectivity index (χ3v) is 5.73. The van der Waals surface area contributed by atoms with Crippen molar-refractivity contribution in [3.8, 4) is 22.6 Å². The van der Waals surface area contributed by atoms with E-state index in [2.05, 4.69) is 19.7 Å². The summed E-state index contributed by atoms with van der Waals surface area (Å²) in [7, 11) is -3.53. The van der Waals surface area contributed by atoms with Crippen molar-refractivity contribution in [2.75, 3.05) is 4.72 Å². The van der Waals surface area contributed by atoms with Crippen molar-refractivity contribution in [3.63, 3.8) is 0 Å². The maximum absolute atomic E-state index is 12.9. The van der Waals surface area contributed by atoms with Crippen molar-refractivity contribution in [3.05, 3.63) is 54.5 Å². The number of halogens is 3. The topological polar surface area (TPSA) is 87.7 Å². The fourth-order valence-corrected chi connectivity index (χ4v) is 3.06. The van der Waals surface area contributed by atoms with E-state index in [0.29, 0.717) is 22.6 Å². The molecule has 6 nitrogen and oxygen atoms in total. The number of hydrogen-bond donors (Lipinski definition) is 2. The molecule has 0 atom stereocenters. The van der Waals surface area contributed by atoms with Gasteiger partial charge in [0.05, 0.1) is 34.6 Å². The van der Waals surface area contributed by atoms with E-state index in [1.54, 1.807) is 19.9 Å². The monoisotopic (exact) mass is 410 g/mol. The Morgan fingerprint density at radius 1 is 1.07 bits per heavy atom. The second kappa shape index (κ2) is 7.27. The minimum Gasteiger partial charge on any atom is -0.338 e. The van der Waals surface area contributed by atoms with Gasteiger partial charge < -0.3 is 4.98 Å². The highest BCUT2D eigenvalue weighted by Crippen LogP contribution is 2.32. The van der Waals surface area contributed by atoms with Gasteiger partial charge in [0, 0.05) is 17.3 Å². The van der Waals surface area contributed by atoms with Gasteiger partial charge >= 0.3 is 6.18 Å². The van der Waals surface area contributed by atoms with Crippen LogP contribution in [0.3, 0.4) is 0 Å². The maximum atomic E-state index is 12.9. The lowest BCUT2D eigenvalue weighted by Gasteiger charge is -2.10. The molecule has 10 heteroatoms. The summed E-state index contributed by atoms with van der Waals surface area (Å²) in [5, 5.41) is -0.618. The number of hydrogen-bond acceptors (Lipinski definition) is 4. The quantitative estimate of drug-likeness (QED) is 0.656. The molecule has 1 aromatic carbocycles. The Labute approximate surface area is 159 Å². The minimum absolute atomic E-state index is 0.267. The van der Waals surface area contributed by atoms with E-state index in [4.69, 9.17) is 0 Å². The van der Waals surface area contributed by atoms with Gasteiger partial charge in [0.1, 0.15) is 5.82 Å². The summed E-state index contributed by atoms with van der Waals surface area (Å²) in [6.07, 6.45) is -0.192. The fraction of sp³-hybridized carbons (Fsp3) is 0.222. The van der Waals surface area contributed by atoms with Crippen LogP contribution in [0.5, 0.6) is 0 Å². The van der Waals surface area contributed by atoms with E-state index < -0.39 is 27.0 Å². The van der Waals surface area contributed by atoms with Crippen LogP contribution in [-0.4, -0.2) is 28.6 Å². The number of imidazole rings is 1. The van der Waals surface area contributed by atoms with Crippen molar-refractivity contribution < 1.29 is 21.6 Å². The molecule has 28 heavy (non-hydrogen) atoms. The molecule has 2 aromatic heterocycles. The van der Waals surface area contributed by atoms with E-state index >= 15 is 0 Å². The highest BCUT2D eigenvalue weighted by atomic mass is 32.2. The van der Waals surface area contributed by atoms with Crippen LogP contribution in [0, 0.1) is 0 Å². The Balaban J connectivity index is 1.90. The van der Waals surface area contributed by atoms with Gasteiger partial charge in [-0.05, 0) is 32.0 Å². The van der Waals surface area contributed by atoms with Gasteiger partial charge in [-0.2, -0.15) is 13.2 Å². The number of sulfonamides is 1. The second-order valence-corrected chi connectivity index (χ2v) is 8.62. The van der Waals surface area contributed by atoms with Gasteiger partial charge in [-0.15, -0.1) is 0 Å². The number of nitrogens with one attached hydrogen (secondary N) is 2. The Morgan fingerprint density at radius 2 is 1.82 bits per heavy atom. The van der Waals surface area contributed by atoms with Crippen LogP contribution in [0.2, 0.25) is 0 Å². The number of anilines is 1. The van der Waals surface area contributed by atoms with E-state index in [1.807, 2.05) is 0 Å². The average molecular weight is 410 g/mol. The molecule has 0 aliphatic carbocycles. The molecule has 3 aromatic rings. The number of aromatic nitrogens is 3. The summed E-state index contributed by atoms with van der Waals surface area (Å²) in [4.78, 5) is 11.1. The van der Waals surface area contributed by atoms with Gasteiger partial charge in [-0.3, -0.25) is 9.71 Å². The SMILES string of the molecule is CC(C)S(=O)(=O)Nc1cncc(-c2ncc(-c3cccc(C(F)(F)F)c3)[nH]2)c1. The molecule has 3 rings (SSSR count). The molecule has 0 saturated heterocycles. The van der Waals surface area contributed by atoms with E-state index in [9.17, 15) is 21.6 Å². The lowest BCUT2D eigenvalue weighted by Crippen LogP contribution is -2.22. The molecule has 0 unspecified atom stereocenters. The predicted octanol–water partition coefficient (Wildman–Crippen LogP) is 4.31. The molecule has 0 radical (unpaired) electrons. The standard InChI is InChI=1S/C18H17F3N4O2S/c1-11(2)28(26,27)25-15-7-13(8-22-9-15)17-23-10-16(24-17)12-4-3-5-14(6-12)18(19,20)21/h3-11,25H,1-2H3,(H,23,24). The van der Waals surface area contributed by atoms with E-state index in [1.165, 1.54) is 30.7 Å². The van der Waals surface area contributed by atoms with E-state index in [0.717, 1.165) is 12.1 Å². The van der Waals surface area contributed by atoms with Crippen molar-refractivity contribution in [1.82, 2.24) is 15.0 Å². The first kappa shape index (κ1) is 19.9. The average Bonchev–Trinajstić information content (AvgIpc) is 3.11. The van der Waals surface area contributed by atoms with Crippen LogP contribution in [0.15, 0.2) is 48.9 Å². The molecule has 0 fully saturated rings. The lowest BCUT2D eigenvalue weighted by atomic mass is 10.1. The molecular formula is C18H17F3N4O2S. The molecule has 0 amide bonds. The summed E-state index contributed by atoms with van der Waals surface area (Å²) in [6, 6.07) is 6.43. The number of nitrogens with zero attached hydrogens (tertiary/aromatic N) is 2. The first-order valence-electron chi connectivity index (χ1n) is 8.26. The Hall–Kier alpha value is -2.88. The fourth-order valence-electron chi connectivity index (χ4n) is 2.39. The Kier molecular flexibility index (Phi) is 5.16. The zero-order chi connectivity index (χ0) is 20.5. The number of benzene rings is 1. The zero-order valence-corrected chi connectivity index (χ0v) is 15.8. The first-order valence-corrected chi connectivity index (χ1v) is 9.80. The lowest BCUT2D eigenvalue weighted by molar-refractivity contribution is -0.137. The molecular weight excluding hydrogens is 393 g/mol. The van der Waals surface area contributed by atoms with Crippen LogP contribution < -0.4 is 4.72 Å². The molecule has 2 N–H and O–H groups in total. The summed E-state index contributed by atoms with van der Waals surface area (Å²) in [6.45, 7) is 3.10. The highest BCUT2D eigenvalue weighted by molar-refractivity contribution is 7.93. The van der Waals surface area contributed by atoms with Crippen LogP contribution in [0.25, 0.3) is 22.6 Å². The molecule has 148 valence electrons. The summed E-state index contributed by atoms with van der Waals surface area (Å²) in [5.74, 6) is 0.352. The first-order chi connectivity index (χ1) is 13.1. The number of rotatable bonds is 5. The summed E-state index contributed by atoms with van der Waals surface area (Å²) < 4.78 is 65.1. The molecule has 0 saturated carbocycles. The van der Waals surface area contributed by atoms with Gasteiger partial charge in [-0.1, -0.05) is 12.1 Å². The van der Waals surface area contributed by atoms with Crippen LogP contribution in [0.4, 0.5) is 18.9 Å². The van der Waals surface area contributed by atoms with E-state index in [-0.39, 0.29) is 5.69 Å². The summed E-state index contributed by atoms with van der Waals surface area (Å²) >= 11 is 0. The van der Waals surface area contributed by atoms with Crippen LogP contribution >= 0.6 is 0 Å². The molecule has 2 heterocycles. The van der Waals surface area contributed by atoms with Crippen LogP contribution in [0.1, 0.15) is 19.4 Å². The van der Waals surface area contributed by atoms with Crippen LogP contribution in [-0.2, 0) is 16.2 Å². The number of pyridine rings is 1. The molecule has 0 bridgehead atoms. The molecule has 0 spiro atoms. The molecule has 0 aliphatic rings. The smallest absolute Gasteiger partial charge is 0.338 e. The van der Waals surface area contributed by atoms with Gasteiger partial charge in [0.2, 0.25) is 10.0 Å². The van der Waals surface area contributed by atoms with Gasteiger partial charge in [0.25, 0.3) is 0 Å². The highest BCUT2D eigenvalue weighted by Gasteiger charge is 2.30. The number of H-pyrrole nitrogens is 1. The van der Waals surface area contributed by atoms with Crippen molar-refractivity contribution in [2.45, 2.75) is 25.3 Å². The Bertz CT molecular complexity index is 1090.